The topological polar surface area (TPSA) is 37.8 Å². The van der Waals surface area contributed by atoms with Gasteiger partial charge >= 0.3 is 5.69 Å². The van der Waals surface area contributed by atoms with E-state index in [0.29, 0.717) is 4.64 Å². The first-order valence-corrected chi connectivity index (χ1v) is 7.02. The van der Waals surface area contributed by atoms with Crippen LogP contribution in [0.25, 0.3) is 5.69 Å². The number of benzene rings is 1. The number of aromatic nitrogens is 2. The number of fused-ring (bicyclic) bond motifs is 1. The number of hydrogen-bond donors (Lipinski definition) is 1. The van der Waals surface area contributed by atoms with Crippen molar-refractivity contribution in [2.24, 2.45) is 0 Å². The minimum Gasteiger partial charge on any atom is -0.298 e. The molecule has 4 heteroatoms. The molecule has 3 nitrogen and oxygen atoms in total. The molecule has 0 atom stereocenters. The first-order valence-electron chi connectivity index (χ1n) is 6.61. The van der Waals surface area contributed by atoms with Crippen molar-refractivity contribution in [3.05, 3.63) is 56.2 Å². The van der Waals surface area contributed by atoms with Gasteiger partial charge in [0.2, 0.25) is 0 Å². The van der Waals surface area contributed by atoms with E-state index < -0.39 is 0 Å². The Morgan fingerprint density at radius 3 is 2.58 bits per heavy atom. The van der Waals surface area contributed by atoms with Gasteiger partial charge in [-0.1, -0.05) is 29.9 Å². The maximum Gasteiger partial charge on any atom is 0.331 e. The molecular weight excluding hydrogens is 256 g/mol. The van der Waals surface area contributed by atoms with E-state index in [9.17, 15) is 4.79 Å². The number of rotatable bonds is 1. The summed E-state index contributed by atoms with van der Waals surface area (Å²) in [6.07, 6.45) is 4.17. The van der Waals surface area contributed by atoms with Gasteiger partial charge in [-0.15, -0.1) is 0 Å². The van der Waals surface area contributed by atoms with Crippen molar-refractivity contribution in [1.29, 1.82) is 0 Å². The van der Waals surface area contributed by atoms with Gasteiger partial charge in [-0.05, 0) is 44.7 Å². The van der Waals surface area contributed by atoms with Crippen LogP contribution in [-0.4, -0.2) is 9.55 Å². The molecule has 0 aliphatic heterocycles. The lowest BCUT2D eigenvalue weighted by Crippen LogP contribution is -2.28. The smallest absolute Gasteiger partial charge is 0.298 e. The molecule has 1 heterocycles. The fourth-order valence-electron chi connectivity index (χ4n) is 2.70. The Morgan fingerprint density at radius 1 is 1.16 bits per heavy atom. The highest BCUT2D eigenvalue weighted by Crippen LogP contribution is 2.22. The second kappa shape index (κ2) is 4.78. The van der Waals surface area contributed by atoms with Gasteiger partial charge in [0.25, 0.3) is 0 Å². The van der Waals surface area contributed by atoms with E-state index in [4.69, 9.17) is 12.2 Å². The number of nitrogens with one attached hydrogen (secondary N) is 1. The second-order valence-electron chi connectivity index (χ2n) is 5.06. The largest absolute Gasteiger partial charge is 0.331 e. The van der Waals surface area contributed by atoms with Gasteiger partial charge < -0.3 is 0 Å². The van der Waals surface area contributed by atoms with Crippen molar-refractivity contribution >= 4 is 12.2 Å². The molecule has 0 unspecified atom stereocenters. The third-order valence-corrected chi connectivity index (χ3v) is 4.05. The van der Waals surface area contributed by atoms with Gasteiger partial charge in [0.05, 0.1) is 5.69 Å². The summed E-state index contributed by atoms with van der Waals surface area (Å²) in [6.45, 7) is 2.04. The van der Waals surface area contributed by atoms with Gasteiger partial charge in [0, 0.05) is 11.3 Å². The summed E-state index contributed by atoms with van der Waals surface area (Å²) in [5.41, 5.74) is 4.20. The van der Waals surface area contributed by atoms with Crippen molar-refractivity contribution in [3.63, 3.8) is 0 Å². The van der Waals surface area contributed by atoms with Crippen LogP contribution in [0.2, 0.25) is 0 Å². The molecule has 0 bridgehead atoms. The van der Waals surface area contributed by atoms with Crippen LogP contribution in [0.4, 0.5) is 0 Å². The van der Waals surface area contributed by atoms with Crippen molar-refractivity contribution in [2.45, 2.75) is 32.6 Å². The Labute approximate surface area is 116 Å². The summed E-state index contributed by atoms with van der Waals surface area (Å²) in [6, 6.07) is 8.03. The minimum atomic E-state index is -0.130. The molecule has 1 N–H and O–H groups in total. The van der Waals surface area contributed by atoms with Crippen molar-refractivity contribution in [2.75, 3.05) is 0 Å². The monoisotopic (exact) mass is 272 g/mol. The molecule has 3 rings (SSSR count). The molecule has 1 aliphatic carbocycles. The fourth-order valence-corrected chi connectivity index (χ4v) is 3.01. The molecule has 0 amide bonds. The van der Waals surface area contributed by atoms with Crippen LogP contribution >= 0.6 is 12.2 Å². The summed E-state index contributed by atoms with van der Waals surface area (Å²) >= 11 is 5.29. The maximum absolute atomic E-state index is 12.2. The maximum atomic E-state index is 12.2. The molecule has 0 radical (unpaired) electrons. The first kappa shape index (κ1) is 12.4. The Balaban J connectivity index is 2.29. The molecule has 2 aromatic rings. The highest BCUT2D eigenvalue weighted by Gasteiger charge is 2.17. The molecule has 1 aromatic heterocycles. The zero-order valence-corrected chi connectivity index (χ0v) is 11.7. The average Bonchev–Trinajstić information content (AvgIpc) is 2.41. The van der Waals surface area contributed by atoms with Gasteiger partial charge in [-0.3, -0.25) is 9.55 Å². The van der Waals surface area contributed by atoms with Crippen molar-refractivity contribution < 1.29 is 0 Å². The van der Waals surface area contributed by atoms with Crippen LogP contribution in [0, 0.1) is 11.6 Å². The van der Waals surface area contributed by atoms with Crippen LogP contribution in [0.3, 0.4) is 0 Å². The summed E-state index contributed by atoms with van der Waals surface area (Å²) in [4.78, 5) is 15.0. The number of aromatic amines is 1. The van der Waals surface area contributed by atoms with Gasteiger partial charge in [-0.2, -0.15) is 0 Å². The summed E-state index contributed by atoms with van der Waals surface area (Å²) in [5.74, 6) is 0. The molecule has 19 heavy (non-hydrogen) atoms. The van der Waals surface area contributed by atoms with E-state index in [2.05, 4.69) is 4.98 Å². The van der Waals surface area contributed by atoms with E-state index in [0.717, 1.165) is 42.6 Å². The van der Waals surface area contributed by atoms with Crippen LogP contribution in [0.5, 0.6) is 0 Å². The van der Waals surface area contributed by atoms with Gasteiger partial charge in [-0.25, -0.2) is 4.79 Å². The third-order valence-electron chi connectivity index (χ3n) is 3.70. The molecule has 0 spiro atoms. The van der Waals surface area contributed by atoms with Crippen LogP contribution in [0.15, 0.2) is 29.1 Å². The highest BCUT2D eigenvalue weighted by molar-refractivity contribution is 7.71. The fraction of sp³-hybridized carbons (Fsp3) is 0.333. The van der Waals surface area contributed by atoms with Crippen molar-refractivity contribution in [1.82, 2.24) is 9.55 Å². The van der Waals surface area contributed by atoms with Gasteiger partial charge in [0.15, 0.2) is 0 Å². The van der Waals surface area contributed by atoms with E-state index in [1.807, 2.05) is 31.2 Å². The summed E-state index contributed by atoms with van der Waals surface area (Å²) in [7, 11) is 0. The molecule has 0 fully saturated rings. The third kappa shape index (κ3) is 2.16. The second-order valence-corrected chi connectivity index (χ2v) is 5.47. The number of hydrogen-bond acceptors (Lipinski definition) is 2. The Kier molecular flexibility index (Phi) is 3.11. The van der Waals surface area contributed by atoms with Crippen molar-refractivity contribution in [3.8, 4) is 5.69 Å². The zero-order valence-electron chi connectivity index (χ0n) is 10.9. The number of aryl methyl sites for hydroxylation is 1. The lowest BCUT2D eigenvalue weighted by molar-refractivity contribution is 0.631. The molecular formula is C15H16N2OS. The van der Waals surface area contributed by atoms with E-state index in [1.165, 1.54) is 5.56 Å². The molecule has 0 saturated carbocycles. The molecule has 1 aromatic carbocycles. The van der Waals surface area contributed by atoms with Crippen LogP contribution < -0.4 is 5.69 Å². The quantitative estimate of drug-likeness (QED) is 0.810. The summed E-state index contributed by atoms with van der Waals surface area (Å²) < 4.78 is 2.40. The van der Waals surface area contributed by atoms with E-state index in [1.54, 1.807) is 4.57 Å². The van der Waals surface area contributed by atoms with Crippen LogP contribution in [0.1, 0.15) is 29.7 Å². The van der Waals surface area contributed by atoms with E-state index >= 15 is 0 Å². The normalized spacial score (nSPS) is 14.2. The molecule has 0 saturated heterocycles. The highest BCUT2D eigenvalue weighted by atomic mass is 32.1. The lowest BCUT2D eigenvalue weighted by Gasteiger charge is -2.20. The number of nitrogens with zero attached hydrogens (tertiary/aromatic N) is 1. The zero-order chi connectivity index (χ0) is 13.4. The SMILES string of the molecule is Cc1ccc(-n2c3c(c(=S)[nH]c2=O)CCCC3)cc1. The van der Waals surface area contributed by atoms with Crippen LogP contribution in [-0.2, 0) is 12.8 Å². The standard InChI is InChI=1S/C15H16N2OS/c1-10-6-8-11(9-7-10)17-13-5-3-2-4-12(13)14(19)16-15(17)18/h6-9H,2-5H2,1H3,(H,16,18,19). The molecule has 98 valence electrons. The Bertz CT molecular complexity index is 725. The van der Waals surface area contributed by atoms with E-state index in [-0.39, 0.29) is 5.69 Å². The lowest BCUT2D eigenvalue weighted by atomic mass is 9.97. The molecule has 1 aliphatic rings. The first-order chi connectivity index (χ1) is 9.16. The predicted molar refractivity (Wildman–Crippen MR) is 78.6 cm³/mol. The summed E-state index contributed by atoms with van der Waals surface area (Å²) in [5, 5.41) is 0. The van der Waals surface area contributed by atoms with Gasteiger partial charge in [0.1, 0.15) is 4.64 Å². The Hall–Kier alpha value is -1.68. The minimum absolute atomic E-state index is 0.130. The average molecular weight is 272 g/mol. The predicted octanol–water partition coefficient (Wildman–Crippen LogP) is 3.08. The Morgan fingerprint density at radius 2 is 1.84 bits per heavy atom. The number of H-pyrrole nitrogens is 1.